The highest BCUT2D eigenvalue weighted by Gasteiger charge is 1.87. The zero-order valence-corrected chi connectivity index (χ0v) is 5.13. The quantitative estimate of drug-likeness (QED) is 0.537. The summed E-state index contributed by atoms with van der Waals surface area (Å²) in [6, 6.07) is 0. The average molecular weight is 136 g/mol. The molecular weight excluding hydrogens is 127 g/mol. The Bertz CT molecular complexity index is 82.3. The Morgan fingerprint density at radius 1 is 2.00 bits per heavy atom. The van der Waals surface area contributed by atoms with Crippen LogP contribution in [-0.4, -0.2) is 17.7 Å². The summed E-state index contributed by atoms with van der Waals surface area (Å²) in [7, 11) is 0. The first-order valence-electron chi connectivity index (χ1n) is 2.28. The van der Waals surface area contributed by atoms with E-state index in [1.165, 1.54) is 0 Å². The van der Waals surface area contributed by atoms with Gasteiger partial charge < -0.3 is 5.11 Å². The van der Waals surface area contributed by atoms with Gasteiger partial charge in [0.05, 0.1) is 0 Å². The lowest BCUT2D eigenvalue weighted by molar-refractivity contribution is -0.176. The number of carbonyl (C=O) groups is 1. The first kappa shape index (κ1) is 11.0. The molecule has 0 bridgehead atoms. The van der Waals surface area contributed by atoms with Crippen molar-refractivity contribution in [3.8, 4) is 0 Å². The maximum absolute atomic E-state index is 10.5. The van der Waals surface area contributed by atoms with Gasteiger partial charge in [0, 0.05) is 17.2 Å². The van der Waals surface area contributed by atoms with Crippen LogP contribution in [0.4, 0.5) is 4.53 Å². The van der Waals surface area contributed by atoms with E-state index in [0.717, 1.165) is 6.08 Å². The monoisotopic (exact) mass is 136 g/mol. The van der Waals surface area contributed by atoms with E-state index in [1.807, 2.05) is 0 Å². The fraction of sp³-hybridized carbons (Fsp3) is 0.400. The molecule has 0 fully saturated rings. The Morgan fingerprint density at radius 2 is 2.33 bits per heavy atom. The fourth-order valence-corrected chi connectivity index (χ4v) is 0.0315. The molecule has 0 saturated carbocycles. The molecule has 9 heavy (non-hydrogen) atoms. The van der Waals surface area contributed by atoms with Crippen LogP contribution in [0.1, 0.15) is 6.92 Å². The van der Waals surface area contributed by atoms with Crippen molar-refractivity contribution in [2.45, 2.75) is 6.92 Å². The third-order valence-electron chi connectivity index (χ3n) is 0.243. The van der Waals surface area contributed by atoms with Crippen molar-refractivity contribution in [1.29, 1.82) is 0 Å². The maximum Gasteiger partial charge on any atom is 0.371 e. The largest absolute Gasteiger partial charge is 0.397 e. The van der Waals surface area contributed by atoms with Crippen molar-refractivity contribution in [1.82, 2.24) is 0 Å². The van der Waals surface area contributed by atoms with Crippen LogP contribution in [0.3, 0.4) is 0 Å². The molecule has 0 aromatic heterocycles. The van der Waals surface area contributed by atoms with E-state index in [9.17, 15) is 9.32 Å². The molecule has 0 aromatic rings. The zero-order chi connectivity index (χ0) is 7.70. The van der Waals surface area contributed by atoms with Gasteiger partial charge >= 0.3 is 5.97 Å². The van der Waals surface area contributed by atoms with Gasteiger partial charge in [-0.3, -0.25) is 4.94 Å². The van der Waals surface area contributed by atoms with Crippen LogP contribution in [0.25, 0.3) is 0 Å². The summed E-state index contributed by atoms with van der Waals surface area (Å²) < 4.78 is 10.5. The number of aliphatic hydroxyl groups is 1. The summed E-state index contributed by atoms with van der Waals surface area (Å²) in [6.07, 6.45) is 0.736. The molecule has 0 radical (unpaired) electrons. The highest BCUT2D eigenvalue weighted by atomic mass is 19.3. The lowest BCUT2D eigenvalue weighted by Crippen LogP contribution is -1.87. The Hall–Kier alpha value is -0.900. The second kappa shape index (κ2) is 10.2. The molecule has 0 aliphatic rings. The lowest BCUT2D eigenvalue weighted by atomic mass is 10.7. The van der Waals surface area contributed by atoms with E-state index in [-0.39, 0.29) is 6.61 Å². The molecule has 0 aliphatic carbocycles. The van der Waals surface area contributed by atoms with Crippen molar-refractivity contribution in [2.24, 2.45) is 0 Å². The van der Waals surface area contributed by atoms with E-state index < -0.39 is 5.97 Å². The van der Waals surface area contributed by atoms with Crippen LogP contribution in [0, 0.1) is 0 Å². The lowest BCUT2D eigenvalue weighted by Gasteiger charge is -1.74. The molecule has 54 valence electrons. The predicted molar refractivity (Wildman–Crippen MR) is 30.2 cm³/mol. The third kappa shape index (κ3) is 19.2. The predicted octanol–water partition coefficient (Wildman–Crippen LogP) is 0.599. The minimum atomic E-state index is -1.06. The number of rotatable bonds is 1. The van der Waals surface area contributed by atoms with Crippen LogP contribution in [0.5, 0.6) is 0 Å². The van der Waals surface area contributed by atoms with E-state index in [2.05, 4.69) is 11.5 Å². The number of hydrogen-bond donors (Lipinski definition) is 1. The van der Waals surface area contributed by atoms with Gasteiger partial charge in [-0.15, -0.1) is 0 Å². The molecule has 0 rings (SSSR count). The molecule has 0 unspecified atom stereocenters. The first-order valence-corrected chi connectivity index (χ1v) is 2.28. The van der Waals surface area contributed by atoms with Crippen LogP contribution in [0.15, 0.2) is 12.7 Å². The van der Waals surface area contributed by atoms with Gasteiger partial charge in [-0.1, -0.05) is 6.58 Å². The van der Waals surface area contributed by atoms with Crippen molar-refractivity contribution in [2.75, 3.05) is 6.61 Å². The number of halogens is 1. The van der Waals surface area contributed by atoms with Gasteiger partial charge in [0.15, 0.2) is 0 Å². The molecule has 0 aromatic carbocycles. The maximum atomic E-state index is 10.5. The smallest absolute Gasteiger partial charge is 0.371 e. The first-order chi connectivity index (χ1) is 4.22. The summed E-state index contributed by atoms with van der Waals surface area (Å²) in [4.78, 5) is 12.1. The van der Waals surface area contributed by atoms with Crippen LogP contribution >= 0.6 is 0 Å². The van der Waals surface area contributed by atoms with Gasteiger partial charge in [-0.25, -0.2) is 4.79 Å². The number of aliphatic hydroxyl groups excluding tert-OH is 1. The molecule has 1 N–H and O–H groups in total. The number of carbonyl (C=O) groups excluding carboxylic acids is 1. The fourth-order valence-electron chi connectivity index (χ4n) is 0.0315. The summed E-state index contributed by atoms with van der Waals surface area (Å²) in [5, 5.41) is 7.57. The number of hydrogen-bond acceptors (Lipinski definition) is 3. The van der Waals surface area contributed by atoms with Crippen molar-refractivity contribution in [3.63, 3.8) is 0 Å². The van der Waals surface area contributed by atoms with Crippen LogP contribution in [-0.2, 0) is 9.74 Å². The normalized spacial score (nSPS) is 6.56. The molecule has 0 atom stereocenters. The minimum Gasteiger partial charge on any atom is -0.397 e. The van der Waals surface area contributed by atoms with Crippen LogP contribution in [0.2, 0.25) is 0 Å². The van der Waals surface area contributed by atoms with Gasteiger partial charge in [-0.2, -0.15) is 0 Å². The van der Waals surface area contributed by atoms with E-state index in [1.54, 1.807) is 6.92 Å². The molecule has 3 nitrogen and oxygen atoms in total. The summed E-state index contributed by atoms with van der Waals surface area (Å²) in [5.41, 5.74) is 0. The van der Waals surface area contributed by atoms with E-state index >= 15 is 0 Å². The van der Waals surface area contributed by atoms with Gasteiger partial charge in [-0.05, 0) is 6.92 Å². The molecule has 0 saturated heterocycles. The Morgan fingerprint density at radius 3 is 2.33 bits per heavy atom. The Labute approximate surface area is 52.7 Å². The molecule has 0 spiro atoms. The average Bonchev–Trinajstić information content (AvgIpc) is 1.88. The van der Waals surface area contributed by atoms with E-state index in [4.69, 9.17) is 5.11 Å². The molecule has 0 aliphatic heterocycles. The Balaban J connectivity index is 0. The van der Waals surface area contributed by atoms with Crippen LogP contribution < -0.4 is 0 Å². The standard InChI is InChI=1S/C3H3FO2.C2H6O/c1-2-3(5)6-4;1-2-3/h2H,1H2;3H,2H2,1H3. The third-order valence-corrected chi connectivity index (χ3v) is 0.243. The van der Waals surface area contributed by atoms with Crippen molar-refractivity contribution < 1.29 is 19.4 Å². The highest BCUT2D eigenvalue weighted by Crippen LogP contribution is 1.74. The summed E-state index contributed by atoms with van der Waals surface area (Å²) in [6.45, 7) is 4.85. The van der Waals surface area contributed by atoms with Crippen molar-refractivity contribution in [3.05, 3.63) is 12.7 Å². The van der Waals surface area contributed by atoms with Gasteiger partial charge in [0.2, 0.25) is 0 Å². The topological polar surface area (TPSA) is 46.5 Å². The van der Waals surface area contributed by atoms with E-state index in [0.29, 0.717) is 0 Å². The van der Waals surface area contributed by atoms with Gasteiger partial charge in [0.1, 0.15) is 0 Å². The molecule has 4 heteroatoms. The second-order valence-electron chi connectivity index (χ2n) is 0.917. The summed E-state index contributed by atoms with van der Waals surface area (Å²) in [5.74, 6) is -1.06. The summed E-state index contributed by atoms with van der Waals surface area (Å²) >= 11 is 0. The van der Waals surface area contributed by atoms with Gasteiger partial charge in [0.25, 0.3) is 0 Å². The SMILES string of the molecule is C=CC(=O)OF.CCO. The highest BCUT2D eigenvalue weighted by molar-refractivity contribution is 5.80. The van der Waals surface area contributed by atoms with Crippen molar-refractivity contribution >= 4 is 5.97 Å². The minimum absolute atomic E-state index is 0.250. The Kier molecular flexibility index (Phi) is 12.4. The second-order valence-corrected chi connectivity index (χ2v) is 0.917. The molecule has 0 amide bonds. The molecular formula is C5H9FO3. The molecule has 0 heterocycles. The zero-order valence-electron chi connectivity index (χ0n) is 5.13.